The molecule has 0 radical (unpaired) electrons. The molecule has 5 nitrogen and oxygen atoms in total. The highest BCUT2D eigenvalue weighted by molar-refractivity contribution is 5.85. The quantitative estimate of drug-likeness (QED) is 0.908. The molecule has 1 fully saturated rings. The van der Waals surface area contributed by atoms with Gasteiger partial charge >= 0.3 is 0 Å². The van der Waals surface area contributed by atoms with Gasteiger partial charge in [0, 0.05) is 26.2 Å². The first-order valence-electron chi connectivity index (χ1n) is 6.56. The lowest BCUT2D eigenvalue weighted by molar-refractivity contribution is -0.132. The molecule has 1 aliphatic heterocycles. The smallest absolute Gasteiger partial charge is 0.239 e. The Morgan fingerprint density at radius 3 is 2.40 bits per heavy atom. The minimum atomic E-state index is -0.419. The van der Waals surface area contributed by atoms with Crippen molar-refractivity contribution in [1.29, 1.82) is 0 Å². The van der Waals surface area contributed by atoms with Crippen LogP contribution in [0.15, 0.2) is 24.3 Å². The molecule has 1 atom stereocenters. The number of rotatable bonds is 3. The van der Waals surface area contributed by atoms with Crippen LogP contribution < -0.4 is 15.4 Å². The SMILES string of the molecule is COc1ccccc1N1CCN(C(=O)C(C)N)CC1.Cl. The normalized spacial score (nSPS) is 16.4. The summed E-state index contributed by atoms with van der Waals surface area (Å²) in [5, 5.41) is 0. The Kier molecular flexibility index (Phi) is 6.10. The molecule has 1 aliphatic rings. The van der Waals surface area contributed by atoms with Crippen molar-refractivity contribution >= 4 is 24.0 Å². The molecule has 0 bridgehead atoms. The maximum Gasteiger partial charge on any atom is 0.239 e. The van der Waals surface area contributed by atoms with Gasteiger partial charge in [0.15, 0.2) is 0 Å². The van der Waals surface area contributed by atoms with E-state index in [4.69, 9.17) is 10.5 Å². The highest BCUT2D eigenvalue weighted by Gasteiger charge is 2.24. The van der Waals surface area contributed by atoms with E-state index in [-0.39, 0.29) is 18.3 Å². The largest absolute Gasteiger partial charge is 0.495 e. The predicted octanol–water partition coefficient (Wildman–Crippen LogP) is 1.11. The molecule has 2 N–H and O–H groups in total. The number of hydrogen-bond donors (Lipinski definition) is 1. The first kappa shape index (κ1) is 16.6. The van der Waals surface area contributed by atoms with Gasteiger partial charge in [0.1, 0.15) is 5.75 Å². The van der Waals surface area contributed by atoms with Crippen LogP contribution in [0.2, 0.25) is 0 Å². The molecule has 1 unspecified atom stereocenters. The molecule has 1 aromatic rings. The predicted molar refractivity (Wildman–Crippen MR) is 82.7 cm³/mol. The average Bonchev–Trinajstić information content (AvgIpc) is 2.46. The summed E-state index contributed by atoms with van der Waals surface area (Å²) in [5.74, 6) is 0.897. The van der Waals surface area contributed by atoms with Crippen LogP contribution in [0.3, 0.4) is 0 Å². The zero-order valence-corrected chi connectivity index (χ0v) is 12.7. The summed E-state index contributed by atoms with van der Waals surface area (Å²) in [7, 11) is 1.68. The molecular weight excluding hydrogens is 278 g/mol. The van der Waals surface area contributed by atoms with Crippen LogP contribution >= 0.6 is 12.4 Å². The number of nitrogens with two attached hydrogens (primary N) is 1. The lowest BCUT2D eigenvalue weighted by atomic mass is 10.2. The van der Waals surface area contributed by atoms with Crippen LogP contribution in [0.5, 0.6) is 5.75 Å². The Labute approximate surface area is 126 Å². The van der Waals surface area contributed by atoms with Gasteiger partial charge in [0.05, 0.1) is 18.8 Å². The summed E-state index contributed by atoms with van der Waals surface area (Å²) in [6, 6.07) is 7.53. The molecule has 0 saturated carbocycles. The van der Waals surface area contributed by atoms with Gasteiger partial charge in [-0.2, -0.15) is 0 Å². The van der Waals surface area contributed by atoms with Crippen molar-refractivity contribution in [2.75, 3.05) is 38.2 Å². The van der Waals surface area contributed by atoms with Crippen LogP contribution in [0.1, 0.15) is 6.92 Å². The molecule has 112 valence electrons. The standard InChI is InChI=1S/C14H21N3O2.ClH/c1-11(15)14(18)17-9-7-16(8-10-17)12-5-3-4-6-13(12)19-2;/h3-6,11H,7-10,15H2,1-2H3;1H. The van der Waals surface area contributed by atoms with Crippen LogP contribution in [0.4, 0.5) is 5.69 Å². The molecule has 0 aliphatic carbocycles. The highest BCUT2D eigenvalue weighted by atomic mass is 35.5. The van der Waals surface area contributed by atoms with Crippen molar-refractivity contribution in [2.45, 2.75) is 13.0 Å². The molecule has 20 heavy (non-hydrogen) atoms. The van der Waals surface area contributed by atoms with E-state index in [9.17, 15) is 4.79 Å². The number of piperazine rings is 1. The van der Waals surface area contributed by atoms with Gasteiger partial charge < -0.3 is 20.3 Å². The van der Waals surface area contributed by atoms with Crippen LogP contribution in [0, 0.1) is 0 Å². The minimum absolute atomic E-state index is 0. The number of carbonyl (C=O) groups is 1. The van der Waals surface area contributed by atoms with Gasteiger partial charge in [0.25, 0.3) is 0 Å². The first-order chi connectivity index (χ1) is 9.13. The Balaban J connectivity index is 0.00000200. The monoisotopic (exact) mass is 299 g/mol. The van der Waals surface area contributed by atoms with Crippen molar-refractivity contribution < 1.29 is 9.53 Å². The lowest BCUT2D eigenvalue weighted by Gasteiger charge is -2.37. The number of methoxy groups -OCH3 is 1. The van der Waals surface area contributed by atoms with Gasteiger partial charge in [0.2, 0.25) is 5.91 Å². The van der Waals surface area contributed by atoms with Crippen LogP contribution in [0.25, 0.3) is 0 Å². The second-order valence-electron chi connectivity index (χ2n) is 4.77. The maximum absolute atomic E-state index is 11.8. The molecule has 2 rings (SSSR count). The number of carbonyl (C=O) groups excluding carboxylic acids is 1. The second-order valence-corrected chi connectivity index (χ2v) is 4.77. The Morgan fingerprint density at radius 2 is 1.85 bits per heavy atom. The van der Waals surface area contributed by atoms with Gasteiger partial charge in [-0.15, -0.1) is 12.4 Å². The molecule has 6 heteroatoms. The molecule has 0 aromatic heterocycles. The number of hydrogen-bond acceptors (Lipinski definition) is 4. The molecule has 1 aromatic carbocycles. The molecular formula is C14H22ClN3O2. The zero-order chi connectivity index (χ0) is 13.8. The van der Waals surface area contributed by atoms with Crippen molar-refractivity contribution in [2.24, 2.45) is 5.73 Å². The number of ether oxygens (including phenoxy) is 1. The number of benzene rings is 1. The third-order valence-electron chi connectivity index (χ3n) is 3.41. The third kappa shape index (κ3) is 3.55. The summed E-state index contributed by atoms with van der Waals surface area (Å²) in [6.45, 7) is 4.75. The molecule has 0 spiro atoms. The number of anilines is 1. The van der Waals surface area contributed by atoms with Crippen molar-refractivity contribution in [1.82, 2.24) is 4.90 Å². The third-order valence-corrected chi connectivity index (χ3v) is 3.41. The van der Waals surface area contributed by atoms with Crippen LogP contribution in [-0.2, 0) is 4.79 Å². The van der Waals surface area contributed by atoms with Crippen molar-refractivity contribution in [3.8, 4) is 5.75 Å². The molecule has 1 heterocycles. The van der Waals surface area contributed by atoms with Crippen LogP contribution in [-0.4, -0.2) is 50.1 Å². The first-order valence-corrected chi connectivity index (χ1v) is 6.56. The Hall–Kier alpha value is -1.46. The topological polar surface area (TPSA) is 58.8 Å². The highest BCUT2D eigenvalue weighted by Crippen LogP contribution is 2.28. The number of halogens is 1. The van der Waals surface area contributed by atoms with Gasteiger partial charge in [-0.3, -0.25) is 4.79 Å². The molecule has 1 saturated heterocycles. The van der Waals surface area contributed by atoms with E-state index < -0.39 is 6.04 Å². The Morgan fingerprint density at radius 1 is 1.25 bits per heavy atom. The van der Waals surface area contributed by atoms with E-state index in [1.807, 2.05) is 29.2 Å². The fourth-order valence-electron chi connectivity index (χ4n) is 2.35. The summed E-state index contributed by atoms with van der Waals surface area (Å²) < 4.78 is 5.37. The van der Waals surface area contributed by atoms with E-state index in [2.05, 4.69) is 4.90 Å². The van der Waals surface area contributed by atoms with E-state index in [1.54, 1.807) is 14.0 Å². The van der Waals surface area contributed by atoms with Gasteiger partial charge in [-0.1, -0.05) is 12.1 Å². The van der Waals surface area contributed by atoms with Crippen molar-refractivity contribution in [3.63, 3.8) is 0 Å². The minimum Gasteiger partial charge on any atom is -0.495 e. The summed E-state index contributed by atoms with van der Waals surface area (Å²) in [4.78, 5) is 15.9. The molecule has 1 amide bonds. The van der Waals surface area contributed by atoms with Gasteiger partial charge in [-0.25, -0.2) is 0 Å². The maximum atomic E-state index is 11.8. The van der Waals surface area contributed by atoms with E-state index in [0.29, 0.717) is 13.1 Å². The second kappa shape index (κ2) is 7.36. The average molecular weight is 300 g/mol. The summed E-state index contributed by atoms with van der Waals surface area (Å²) >= 11 is 0. The van der Waals surface area contributed by atoms with Gasteiger partial charge in [-0.05, 0) is 19.1 Å². The lowest BCUT2D eigenvalue weighted by Crippen LogP contribution is -2.52. The van der Waals surface area contributed by atoms with E-state index in [0.717, 1.165) is 24.5 Å². The summed E-state index contributed by atoms with van der Waals surface area (Å²) in [5.41, 5.74) is 6.71. The number of para-hydroxylation sites is 2. The number of amides is 1. The van der Waals surface area contributed by atoms with E-state index >= 15 is 0 Å². The fourth-order valence-corrected chi connectivity index (χ4v) is 2.35. The summed E-state index contributed by atoms with van der Waals surface area (Å²) in [6.07, 6.45) is 0. The zero-order valence-electron chi connectivity index (χ0n) is 11.9. The fraction of sp³-hybridized carbons (Fsp3) is 0.500. The van der Waals surface area contributed by atoms with Crippen molar-refractivity contribution in [3.05, 3.63) is 24.3 Å². The number of nitrogens with zero attached hydrogens (tertiary/aromatic N) is 2. The Bertz CT molecular complexity index is 446. The van der Waals surface area contributed by atoms with E-state index in [1.165, 1.54) is 0 Å².